The average molecular weight is 400 g/mol. The van der Waals surface area contributed by atoms with Gasteiger partial charge in [0.05, 0.1) is 5.92 Å². The van der Waals surface area contributed by atoms with Crippen molar-refractivity contribution in [3.05, 3.63) is 30.1 Å². The molecule has 6 nitrogen and oxygen atoms in total. The number of carbonyl (C=O) groups excluding carboxylic acids is 1. The van der Waals surface area contributed by atoms with Gasteiger partial charge in [-0.3, -0.25) is 19.6 Å². The molecule has 3 saturated heterocycles. The third kappa shape index (κ3) is 5.36. The highest BCUT2D eigenvalue weighted by molar-refractivity contribution is 5.79. The molecule has 2 N–H and O–H groups in total. The van der Waals surface area contributed by atoms with Crippen molar-refractivity contribution in [2.45, 2.75) is 51.1 Å². The number of pyridine rings is 1. The van der Waals surface area contributed by atoms with Crippen LogP contribution in [-0.2, 0) is 11.3 Å². The van der Waals surface area contributed by atoms with Crippen LogP contribution in [-0.4, -0.2) is 77.4 Å². The van der Waals surface area contributed by atoms with E-state index in [9.17, 15) is 4.79 Å². The van der Waals surface area contributed by atoms with Crippen molar-refractivity contribution in [1.29, 1.82) is 0 Å². The summed E-state index contributed by atoms with van der Waals surface area (Å²) in [6.07, 6.45) is 10.6. The Hall–Kier alpha value is -1.50. The van der Waals surface area contributed by atoms with Crippen LogP contribution < -0.4 is 5.73 Å². The van der Waals surface area contributed by atoms with Crippen molar-refractivity contribution in [2.24, 2.45) is 17.6 Å². The molecule has 1 atom stereocenters. The minimum absolute atomic E-state index is 0.201. The summed E-state index contributed by atoms with van der Waals surface area (Å²) < 4.78 is 0. The number of likely N-dealkylation sites (tertiary alicyclic amines) is 3. The molecule has 0 aromatic carbocycles. The van der Waals surface area contributed by atoms with Crippen molar-refractivity contribution in [2.75, 3.05) is 45.8 Å². The third-order valence-corrected chi connectivity index (χ3v) is 7.26. The minimum Gasteiger partial charge on any atom is -0.342 e. The molecular formula is C23H37N5O. The minimum atomic E-state index is 0.201. The second-order valence-electron chi connectivity index (χ2n) is 9.21. The topological polar surface area (TPSA) is 65.7 Å². The quantitative estimate of drug-likeness (QED) is 0.820. The Labute approximate surface area is 175 Å². The second kappa shape index (κ2) is 10.0. The van der Waals surface area contributed by atoms with E-state index in [-0.39, 0.29) is 5.92 Å². The highest BCUT2D eigenvalue weighted by atomic mass is 16.2. The lowest BCUT2D eigenvalue weighted by molar-refractivity contribution is -0.139. The molecule has 1 unspecified atom stereocenters. The molecule has 0 radical (unpaired) electrons. The van der Waals surface area contributed by atoms with Gasteiger partial charge < -0.3 is 10.6 Å². The van der Waals surface area contributed by atoms with E-state index >= 15 is 0 Å². The Bertz CT molecular complexity index is 638. The normalized spacial score (nSPS) is 26.0. The number of amides is 1. The predicted molar refractivity (Wildman–Crippen MR) is 115 cm³/mol. The Kier molecular flexibility index (Phi) is 7.16. The van der Waals surface area contributed by atoms with Gasteiger partial charge in [0.2, 0.25) is 5.91 Å². The van der Waals surface area contributed by atoms with Gasteiger partial charge in [-0.1, -0.05) is 6.07 Å². The summed E-state index contributed by atoms with van der Waals surface area (Å²) in [7, 11) is 0. The molecule has 0 saturated carbocycles. The number of piperidine rings is 3. The zero-order valence-corrected chi connectivity index (χ0v) is 17.7. The predicted octanol–water partition coefficient (Wildman–Crippen LogP) is 1.96. The van der Waals surface area contributed by atoms with E-state index < -0.39 is 0 Å². The lowest BCUT2D eigenvalue weighted by Gasteiger charge is -2.43. The van der Waals surface area contributed by atoms with Gasteiger partial charge in [-0.05, 0) is 82.3 Å². The Morgan fingerprint density at radius 3 is 2.55 bits per heavy atom. The number of carbonyl (C=O) groups is 1. The lowest BCUT2D eigenvalue weighted by Crippen LogP contribution is -2.52. The number of nitrogens with two attached hydrogens (primary N) is 1. The maximum Gasteiger partial charge on any atom is 0.226 e. The first kappa shape index (κ1) is 20.8. The summed E-state index contributed by atoms with van der Waals surface area (Å²) >= 11 is 0. The number of aromatic nitrogens is 1. The number of rotatable bonds is 5. The number of hydrogen-bond acceptors (Lipinski definition) is 5. The van der Waals surface area contributed by atoms with Crippen molar-refractivity contribution in [3.8, 4) is 0 Å². The monoisotopic (exact) mass is 399 g/mol. The van der Waals surface area contributed by atoms with Gasteiger partial charge in [0.15, 0.2) is 0 Å². The Morgan fingerprint density at radius 1 is 1.07 bits per heavy atom. The van der Waals surface area contributed by atoms with Crippen LogP contribution in [0.2, 0.25) is 0 Å². The molecule has 3 aliphatic heterocycles. The van der Waals surface area contributed by atoms with Crippen molar-refractivity contribution >= 4 is 5.91 Å². The van der Waals surface area contributed by atoms with Crippen molar-refractivity contribution in [3.63, 3.8) is 0 Å². The lowest BCUT2D eigenvalue weighted by atomic mass is 9.91. The fourth-order valence-electron chi connectivity index (χ4n) is 5.38. The maximum atomic E-state index is 13.1. The Morgan fingerprint density at radius 2 is 1.86 bits per heavy atom. The van der Waals surface area contributed by atoms with Crippen LogP contribution in [0.5, 0.6) is 0 Å². The van der Waals surface area contributed by atoms with E-state index in [2.05, 4.69) is 25.8 Å². The zero-order valence-electron chi connectivity index (χ0n) is 17.7. The van der Waals surface area contributed by atoms with Crippen molar-refractivity contribution in [1.82, 2.24) is 19.7 Å². The van der Waals surface area contributed by atoms with E-state index in [1.54, 1.807) is 0 Å². The molecule has 3 aliphatic rings. The highest BCUT2D eigenvalue weighted by Crippen LogP contribution is 2.27. The largest absolute Gasteiger partial charge is 0.342 e. The smallest absolute Gasteiger partial charge is 0.226 e. The number of hydrogen-bond donors (Lipinski definition) is 1. The molecule has 0 spiro atoms. The van der Waals surface area contributed by atoms with E-state index in [1.165, 1.54) is 18.4 Å². The number of nitrogens with zero attached hydrogens (tertiary/aromatic N) is 4. The molecule has 3 fully saturated rings. The van der Waals surface area contributed by atoms with Crippen LogP contribution in [0, 0.1) is 11.8 Å². The van der Waals surface area contributed by atoms with Crippen LogP contribution in [0.4, 0.5) is 0 Å². The fraction of sp³-hybridized carbons (Fsp3) is 0.739. The fourth-order valence-corrected chi connectivity index (χ4v) is 5.38. The molecule has 4 rings (SSSR count). The molecule has 0 bridgehead atoms. The van der Waals surface area contributed by atoms with Gasteiger partial charge in [0, 0.05) is 44.6 Å². The molecule has 160 valence electrons. The van der Waals surface area contributed by atoms with Crippen LogP contribution in [0.1, 0.15) is 44.1 Å². The maximum absolute atomic E-state index is 13.1. The molecular weight excluding hydrogens is 362 g/mol. The molecule has 1 aromatic rings. The van der Waals surface area contributed by atoms with E-state index in [1.807, 2.05) is 18.5 Å². The molecule has 0 aliphatic carbocycles. The van der Waals surface area contributed by atoms with Crippen LogP contribution >= 0.6 is 0 Å². The van der Waals surface area contributed by atoms with Gasteiger partial charge >= 0.3 is 0 Å². The van der Waals surface area contributed by atoms with Gasteiger partial charge in [0.25, 0.3) is 0 Å². The Balaban J connectivity index is 1.24. The van der Waals surface area contributed by atoms with Crippen LogP contribution in [0.15, 0.2) is 24.5 Å². The van der Waals surface area contributed by atoms with Gasteiger partial charge in [-0.25, -0.2) is 0 Å². The summed E-state index contributed by atoms with van der Waals surface area (Å²) in [6.45, 7) is 7.98. The van der Waals surface area contributed by atoms with Crippen LogP contribution in [0.3, 0.4) is 0 Å². The summed E-state index contributed by atoms with van der Waals surface area (Å²) in [5.41, 5.74) is 7.10. The summed E-state index contributed by atoms with van der Waals surface area (Å²) in [5.74, 6) is 1.21. The SMILES string of the molecule is NCC1CCN(C(=O)C2CCCN(C3CCN(Cc4cccnc4)CC3)C2)CC1. The second-order valence-corrected chi connectivity index (χ2v) is 9.21. The molecule has 6 heteroatoms. The molecule has 29 heavy (non-hydrogen) atoms. The first-order valence-corrected chi connectivity index (χ1v) is 11.6. The molecule has 1 aromatic heterocycles. The van der Waals surface area contributed by atoms with Gasteiger partial charge in [-0.15, -0.1) is 0 Å². The third-order valence-electron chi connectivity index (χ3n) is 7.26. The summed E-state index contributed by atoms with van der Waals surface area (Å²) in [6, 6.07) is 4.82. The van der Waals surface area contributed by atoms with Gasteiger partial charge in [-0.2, -0.15) is 0 Å². The standard InChI is InChI=1S/C23H37N5O/c24-15-19-5-13-27(14-6-19)23(29)21-4-2-10-28(18-21)22-7-11-26(12-8-22)17-20-3-1-9-25-16-20/h1,3,9,16,19,21-22H,2,4-8,10-15,17-18,24H2. The summed E-state index contributed by atoms with van der Waals surface area (Å²) in [5, 5.41) is 0. The molecule has 1 amide bonds. The van der Waals surface area contributed by atoms with Crippen LogP contribution in [0.25, 0.3) is 0 Å². The average Bonchev–Trinajstić information content (AvgIpc) is 2.80. The first-order chi connectivity index (χ1) is 14.2. The highest BCUT2D eigenvalue weighted by Gasteiger charge is 2.34. The van der Waals surface area contributed by atoms with E-state index in [4.69, 9.17) is 5.73 Å². The van der Waals surface area contributed by atoms with E-state index in [0.717, 1.165) is 78.0 Å². The summed E-state index contributed by atoms with van der Waals surface area (Å²) in [4.78, 5) is 24.6. The first-order valence-electron chi connectivity index (χ1n) is 11.6. The van der Waals surface area contributed by atoms with Crippen molar-refractivity contribution < 1.29 is 4.79 Å². The van der Waals surface area contributed by atoms with Gasteiger partial charge in [0.1, 0.15) is 0 Å². The molecule has 4 heterocycles. The zero-order chi connectivity index (χ0) is 20.1. The van der Waals surface area contributed by atoms with E-state index in [0.29, 0.717) is 17.9 Å².